The Hall–Kier alpha value is -0.480. The first-order valence-electron chi connectivity index (χ1n) is 5.76. The molecule has 2 nitrogen and oxygen atoms in total. The summed E-state index contributed by atoms with van der Waals surface area (Å²) in [6, 6.07) is 2.26. The van der Waals surface area contributed by atoms with Crippen LogP contribution in [0.4, 0.5) is 0 Å². The Morgan fingerprint density at radius 2 is 2.50 bits per heavy atom. The highest BCUT2D eigenvalue weighted by atomic mass is 32.2. The molecule has 1 amide bonds. The lowest BCUT2D eigenvalue weighted by molar-refractivity contribution is 0.0939. The van der Waals surface area contributed by atoms with Crippen LogP contribution < -0.4 is 5.32 Å². The lowest BCUT2D eigenvalue weighted by Gasteiger charge is -2.19. The van der Waals surface area contributed by atoms with Gasteiger partial charge in [-0.2, -0.15) is 23.1 Å². The van der Waals surface area contributed by atoms with Gasteiger partial charge in [0, 0.05) is 22.2 Å². The van der Waals surface area contributed by atoms with Crippen molar-refractivity contribution in [2.24, 2.45) is 0 Å². The van der Waals surface area contributed by atoms with Gasteiger partial charge in [-0.25, -0.2) is 0 Å². The second-order valence-electron chi connectivity index (χ2n) is 4.02. The van der Waals surface area contributed by atoms with Crippen molar-refractivity contribution in [3.05, 3.63) is 22.4 Å². The van der Waals surface area contributed by atoms with Crippen LogP contribution in [0, 0.1) is 0 Å². The minimum atomic E-state index is 0.0925. The Kier molecular flexibility index (Phi) is 4.29. The molecule has 1 fully saturated rings. The molecule has 1 aromatic heterocycles. The second-order valence-corrected chi connectivity index (χ2v) is 6.31. The molecular formula is C12H17NOS2. The fourth-order valence-corrected chi connectivity index (χ4v) is 3.98. The summed E-state index contributed by atoms with van der Waals surface area (Å²) in [5.41, 5.74) is 0.803. The minimum absolute atomic E-state index is 0.0925. The van der Waals surface area contributed by atoms with E-state index in [4.69, 9.17) is 0 Å². The molecule has 0 radical (unpaired) electrons. The van der Waals surface area contributed by atoms with Crippen LogP contribution in [0.5, 0.6) is 0 Å². The van der Waals surface area contributed by atoms with Crippen molar-refractivity contribution in [2.75, 3.05) is 5.75 Å². The predicted octanol–water partition coefficient (Wildman–Crippen LogP) is 3.15. The van der Waals surface area contributed by atoms with Crippen molar-refractivity contribution in [1.82, 2.24) is 5.32 Å². The van der Waals surface area contributed by atoms with Gasteiger partial charge in [0.15, 0.2) is 0 Å². The third-order valence-electron chi connectivity index (χ3n) is 2.93. The number of carbonyl (C=O) groups excluding carboxylic acids is 1. The number of hydrogen-bond donors (Lipinski definition) is 1. The highest BCUT2D eigenvalue weighted by Gasteiger charge is 2.28. The molecule has 0 bridgehead atoms. The summed E-state index contributed by atoms with van der Waals surface area (Å²) < 4.78 is 0. The van der Waals surface area contributed by atoms with Crippen LogP contribution in [0.1, 0.15) is 36.5 Å². The van der Waals surface area contributed by atoms with Gasteiger partial charge in [-0.05, 0) is 30.0 Å². The SMILES string of the molecule is CCS[C@@H]1CCC[C@@H]1NC(=O)c1ccsc1. The Bertz CT molecular complexity index is 337. The quantitative estimate of drug-likeness (QED) is 0.895. The van der Waals surface area contributed by atoms with Gasteiger partial charge in [0.1, 0.15) is 0 Å². The summed E-state index contributed by atoms with van der Waals surface area (Å²) >= 11 is 3.54. The van der Waals surface area contributed by atoms with E-state index < -0.39 is 0 Å². The monoisotopic (exact) mass is 255 g/mol. The van der Waals surface area contributed by atoms with Crippen molar-refractivity contribution in [3.8, 4) is 0 Å². The van der Waals surface area contributed by atoms with Gasteiger partial charge in [0.05, 0.1) is 0 Å². The summed E-state index contributed by atoms with van der Waals surface area (Å²) in [6.45, 7) is 2.18. The average molecular weight is 255 g/mol. The Morgan fingerprint density at radius 1 is 1.62 bits per heavy atom. The highest BCUT2D eigenvalue weighted by molar-refractivity contribution is 7.99. The molecule has 1 heterocycles. The average Bonchev–Trinajstić information content (AvgIpc) is 2.90. The number of amides is 1. The summed E-state index contributed by atoms with van der Waals surface area (Å²) in [4.78, 5) is 11.9. The van der Waals surface area contributed by atoms with Crippen molar-refractivity contribution < 1.29 is 4.79 Å². The van der Waals surface area contributed by atoms with Gasteiger partial charge in [0.25, 0.3) is 5.91 Å². The maximum Gasteiger partial charge on any atom is 0.252 e. The van der Waals surface area contributed by atoms with Crippen molar-refractivity contribution in [2.45, 2.75) is 37.5 Å². The molecular weight excluding hydrogens is 238 g/mol. The third-order valence-corrected chi connectivity index (χ3v) is 4.94. The van der Waals surface area contributed by atoms with Gasteiger partial charge in [0.2, 0.25) is 0 Å². The van der Waals surface area contributed by atoms with E-state index in [2.05, 4.69) is 12.2 Å². The van der Waals surface area contributed by atoms with Crippen LogP contribution in [-0.2, 0) is 0 Å². The summed E-state index contributed by atoms with van der Waals surface area (Å²) in [7, 11) is 0. The van der Waals surface area contributed by atoms with E-state index in [1.807, 2.05) is 28.6 Å². The first-order chi connectivity index (χ1) is 7.81. The molecule has 1 N–H and O–H groups in total. The van der Waals surface area contributed by atoms with E-state index in [1.165, 1.54) is 12.8 Å². The molecule has 1 aliphatic rings. The molecule has 1 aliphatic carbocycles. The van der Waals surface area contributed by atoms with Crippen LogP contribution in [-0.4, -0.2) is 23.0 Å². The minimum Gasteiger partial charge on any atom is -0.348 e. The van der Waals surface area contributed by atoms with Crippen molar-refractivity contribution >= 4 is 29.0 Å². The number of carbonyl (C=O) groups is 1. The first kappa shape index (κ1) is 12.0. The van der Waals surface area contributed by atoms with Crippen LogP contribution >= 0.6 is 23.1 Å². The number of hydrogen-bond acceptors (Lipinski definition) is 3. The van der Waals surface area contributed by atoms with E-state index >= 15 is 0 Å². The number of rotatable bonds is 4. The molecule has 4 heteroatoms. The van der Waals surface area contributed by atoms with Crippen LogP contribution in [0.15, 0.2) is 16.8 Å². The Labute approximate surface area is 105 Å². The summed E-state index contributed by atoms with van der Waals surface area (Å²) in [6.07, 6.45) is 3.62. The molecule has 0 aromatic carbocycles. The van der Waals surface area contributed by atoms with E-state index in [-0.39, 0.29) is 5.91 Å². The first-order valence-corrected chi connectivity index (χ1v) is 7.75. The van der Waals surface area contributed by atoms with E-state index in [0.717, 1.165) is 17.7 Å². The lowest BCUT2D eigenvalue weighted by atomic mass is 10.2. The molecule has 16 heavy (non-hydrogen) atoms. The number of thioether (sulfide) groups is 1. The maximum atomic E-state index is 11.9. The van der Waals surface area contributed by atoms with E-state index in [1.54, 1.807) is 11.3 Å². The van der Waals surface area contributed by atoms with Gasteiger partial charge in [-0.3, -0.25) is 4.79 Å². The zero-order valence-electron chi connectivity index (χ0n) is 9.44. The van der Waals surface area contributed by atoms with E-state index in [0.29, 0.717) is 11.3 Å². The fourth-order valence-electron chi connectivity index (χ4n) is 2.15. The molecule has 88 valence electrons. The molecule has 2 atom stereocenters. The number of thiophene rings is 1. The standard InChI is InChI=1S/C12H17NOS2/c1-2-16-11-5-3-4-10(11)13-12(14)9-6-7-15-8-9/h6-8,10-11H,2-5H2,1H3,(H,13,14)/t10-,11+/m0/s1. The molecule has 0 aliphatic heterocycles. The zero-order valence-corrected chi connectivity index (χ0v) is 11.1. The Balaban J connectivity index is 1.91. The summed E-state index contributed by atoms with van der Waals surface area (Å²) in [5, 5.41) is 7.64. The van der Waals surface area contributed by atoms with Gasteiger partial charge >= 0.3 is 0 Å². The molecule has 1 saturated carbocycles. The highest BCUT2D eigenvalue weighted by Crippen LogP contribution is 2.30. The molecule has 0 spiro atoms. The third kappa shape index (κ3) is 2.80. The zero-order chi connectivity index (χ0) is 11.4. The predicted molar refractivity (Wildman–Crippen MR) is 71.3 cm³/mol. The van der Waals surface area contributed by atoms with Crippen molar-refractivity contribution in [1.29, 1.82) is 0 Å². The van der Waals surface area contributed by atoms with Crippen LogP contribution in [0.25, 0.3) is 0 Å². The molecule has 0 unspecified atom stereocenters. The lowest BCUT2D eigenvalue weighted by Crippen LogP contribution is -2.38. The Morgan fingerprint density at radius 3 is 3.19 bits per heavy atom. The molecule has 1 aromatic rings. The molecule has 2 rings (SSSR count). The second kappa shape index (κ2) is 5.73. The van der Waals surface area contributed by atoms with Gasteiger partial charge in [-0.15, -0.1) is 0 Å². The van der Waals surface area contributed by atoms with Crippen molar-refractivity contribution in [3.63, 3.8) is 0 Å². The maximum absolute atomic E-state index is 11.9. The van der Waals surface area contributed by atoms with Crippen LogP contribution in [0.3, 0.4) is 0 Å². The van der Waals surface area contributed by atoms with Crippen LogP contribution in [0.2, 0.25) is 0 Å². The smallest absolute Gasteiger partial charge is 0.252 e. The topological polar surface area (TPSA) is 29.1 Å². The summed E-state index contributed by atoms with van der Waals surface area (Å²) in [5.74, 6) is 1.23. The van der Waals surface area contributed by atoms with Gasteiger partial charge < -0.3 is 5.32 Å². The van der Waals surface area contributed by atoms with Gasteiger partial charge in [-0.1, -0.05) is 13.3 Å². The fraction of sp³-hybridized carbons (Fsp3) is 0.583. The largest absolute Gasteiger partial charge is 0.348 e. The van der Waals surface area contributed by atoms with E-state index in [9.17, 15) is 4.79 Å². The molecule has 0 saturated heterocycles. The normalized spacial score (nSPS) is 24.6. The number of nitrogens with one attached hydrogen (secondary N) is 1.